The normalized spacial score (nSPS) is 16.5. The number of methoxy groups -OCH3 is 2. The fourth-order valence-corrected chi connectivity index (χ4v) is 3.59. The molecule has 1 aromatic heterocycles. The van der Waals surface area contributed by atoms with Crippen LogP contribution in [0.2, 0.25) is 0 Å². The predicted octanol–water partition coefficient (Wildman–Crippen LogP) is 1.20. The molecule has 0 bridgehead atoms. The third kappa shape index (κ3) is 2.98. The number of hydrogen-bond donors (Lipinski definition) is 0. The molecule has 0 aliphatic carbocycles. The van der Waals surface area contributed by atoms with Gasteiger partial charge >= 0.3 is 27.8 Å². The maximum Gasteiger partial charge on any atom is 0.355 e. The number of carbonyl (C=O) groups excluding carboxylic acids is 1. The van der Waals surface area contributed by atoms with Gasteiger partial charge in [-0.1, -0.05) is 0 Å². The topological polar surface area (TPSA) is 112 Å². The fourth-order valence-electron chi connectivity index (χ4n) is 2.63. The van der Waals surface area contributed by atoms with Crippen molar-refractivity contribution in [1.29, 1.82) is 0 Å². The molecule has 2 heterocycles. The minimum atomic E-state index is -5.59. The van der Waals surface area contributed by atoms with Gasteiger partial charge in [-0.25, -0.2) is 8.78 Å². The number of rotatable bonds is 5. The van der Waals surface area contributed by atoms with Crippen LogP contribution in [0, 0.1) is 11.6 Å². The van der Waals surface area contributed by atoms with Crippen LogP contribution in [0.15, 0.2) is 12.1 Å². The quantitative estimate of drug-likeness (QED) is 0.661. The van der Waals surface area contributed by atoms with Crippen molar-refractivity contribution >= 4 is 21.6 Å². The summed E-state index contributed by atoms with van der Waals surface area (Å²) in [5.74, 6) is -10.6. The number of halogens is 4. The number of nitrogens with zero attached hydrogens (tertiary/aromatic N) is 4. The summed E-state index contributed by atoms with van der Waals surface area (Å²) >= 11 is 0. The van der Waals surface area contributed by atoms with Gasteiger partial charge in [-0.3, -0.25) is 4.79 Å². The summed E-state index contributed by atoms with van der Waals surface area (Å²) < 4.78 is 87.3. The first-order valence-corrected chi connectivity index (χ1v) is 8.81. The maximum atomic E-state index is 14.3. The minimum Gasteiger partial charge on any atom is -0.467 e. The molecule has 0 fully saturated rings. The van der Waals surface area contributed by atoms with Crippen molar-refractivity contribution in [3.05, 3.63) is 35.2 Å². The van der Waals surface area contributed by atoms with Crippen LogP contribution >= 0.6 is 0 Å². The molecule has 3 rings (SSSR count). The lowest BCUT2D eigenvalue weighted by atomic mass is 9.99. The van der Waals surface area contributed by atoms with Gasteiger partial charge < -0.3 is 9.47 Å². The van der Waals surface area contributed by atoms with Crippen LogP contribution in [-0.2, 0) is 14.8 Å². The average Bonchev–Trinajstić information content (AvgIpc) is 2.93. The van der Waals surface area contributed by atoms with Crippen molar-refractivity contribution in [2.75, 3.05) is 18.5 Å². The van der Waals surface area contributed by atoms with Gasteiger partial charge in [0.2, 0.25) is 0 Å². The number of hydrogen-bond acceptors (Lipinski definition) is 8. The number of benzene rings is 1. The number of fused-ring (bicyclic) bond motifs is 1. The van der Waals surface area contributed by atoms with E-state index in [1.54, 1.807) is 0 Å². The Kier molecular flexibility index (Phi) is 4.82. The molecule has 1 amide bonds. The van der Waals surface area contributed by atoms with E-state index in [0.29, 0.717) is 6.07 Å². The highest BCUT2D eigenvalue weighted by Gasteiger charge is 2.51. The molecule has 0 radical (unpaired) electrons. The molecule has 0 saturated heterocycles. The highest BCUT2D eigenvalue weighted by Crippen LogP contribution is 2.44. The second-order valence-corrected chi connectivity index (χ2v) is 7.09. The van der Waals surface area contributed by atoms with Gasteiger partial charge in [0.05, 0.1) is 14.2 Å². The van der Waals surface area contributed by atoms with Gasteiger partial charge in [-0.2, -0.15) is 31.5 Å². The second-order valence-electron chi connectivity index (χ2n) is 5.33. The summed E-state index contributed by atoms with van der Waals surface area (Å²) in [7, 11) is -3.27. The van der Waals surface area contributed by atoms with Crippen LogP contribution in [0.3, 0.4) is 0 Å². The molecule has 9 nitrogen and oxygen atoms in total. The van der Waals surface area contributed by atoms with Crippen molar-refractivity contribution in [2.24, 2.45) is 0 Å². The number of carbonyl (C=O) groups is 1. The summed E-state index contributed by atoms with van der Waals surface area (Å²) in [5.41, 5.74) is -1.59. The van der Waals surface area contributed by atoms with Crippen LogP contribution in [0.5, 0.6) is 12.0 Å². The molecule has 1 atom stereocenters. The van der Waals surface area contributed by atoms with Crippen LogP contribution in [-0.4, -0.2) is 49.3 Å². The number of alkyl halides is 2. The summed E-state index contributed by atoms with van der Waals surface area (Å²) in [4.78, 5) is 23.9. The Morgan fingerprint density at radius 1 is 1.07 bits per heavy atom. The summed E-state index contributed by atoms with van der Waals surface area (Å²) in [6.07, 6.45) is 0. The lowest BCUT2D eigenvalue weighted by Gasteiger charge is -2.17. The summed E-state index contributed by atoms with van der Waals surface area (Å²) in [5, 5.41) is 0. The zero-order valence-corrected chi connectivity index (χ0v) is 14.9. The first kappa shape index (κ1) is 19.7. The van der Waals surface area contributed by atoms with Crippen LogP contribution < -0.4 is 13.8 Å². The monoisotopic (exact) mass is 422 g/mol. The van der Waals surface area contributed by atoms with E-state index >= 15 is 0 Å². The van der Waals surface area contributed by atoms with E-state index in [-0.39, 0.29) is 18.1 Å². The van der Waals surface area contributed by atoms with Crippen LogP contribution in [0.4, 0.5) is 23.2 Å². The molecular formula is C14H10F4N4O5S. The van der Waals surface area contributed by atoms with Gasteiger partial charge in [-0.05, 0) is 6.07 Å². The number of sulfonamides is 1. The molecule has 28 heavy (non-hydrogen) atoms. The van der Waals surface area contributed by atoms with E-state index in [4.69, 9.17) is 9.47 Å². The van der Waals surface area contributed by atoms with E-state index in [9.17, 15) is 30.8 Å². The Morgan fingerprint density at radius 2 is 1.64 bits per heavy atom. The van der Waals surface area contributed by atoms with E-state index in [0.717, 1.165) is 14.2 Å². The molecule has 2 aromatic rings. The number of amides is 1. The smallest absolute Gasteiger partial charge is 0.355 e. The third-order valence-corrected chi connectivity index (χ3v) is 5.06. The molecule has 1 aliphatic heterocycles. The SMILES string of the molecule is COc1nc(OC)nc(C2C(=O)N(S(=O)(=O)C(F)F)c3c(F)cc(F)cc32)n1. The van der Waals surface area contributed by atoms with Crippen molar-refractivity contribution in [2.45, 2.75) is 11.7 Å². The van der Waals surface area contributed by atoms with Gasteiger partial charge in [-0.15, -0.1) is 4.98 Å². The van der Waals surface area contributed by atoms with E-state index in [2.05, 4.69) is 15.0 Å². The molecule has 0 spiro atoms. The van der Waals surface area contributed by atoms with Crippen molar-refractivity contribution in [3.8, 4) is 12.0 Å². The van der Waals surface area contributed by atoms with Gasteiger partial charge in [0.25, 0.3) is 5.91 Å². The van der Waals surface area contributed by atoms with Crippen LogP contribution in [0.25, 0.3) is 0 Å². The lowest BCUT2D eigenvalue weighted by Crippen LogP contribution is -2.39. The predicted molar refractivity (Wildman–Crippen MR) is 83.5 cm³/mol. The summed E-state index contributed by atoms with van der Waals surface area (Å²) in [6, 6.07) is 0.174. The summed E-state index contributed by atoms with van der Waals surface area (Å²) in [6.45, 7) is 0. The zero-order chi connectivity index (χ0) is 20.8. The number of anilines is 1. The average molecular weight is 422 g/mol. The Balaban J connectivity index is 2.30. The largest absolute Gasteiger partial charge is 0.467 e. The highest BCUT2D eigenvalue weighted by atomic mass is 32.2. The first-order valence-electron chi connectivity index (χ1n) is 7.30. The van der Waals surface area contributed by atoms with Gasteiger partial charge in [0, 0.05) is 11.6 Å². The zero-order valence-electron chi connectivity index (χ0n) is 14.1. The van der Waals surface area contributed by atoms with E-state index in [1.165, 1.54) is 0 Å². The standard InChI is InChI=1S/C14H10F4N4O5S/c1-26-13-19-10(20-14(21-13)27-2)8-6-3-5(15)4-7(16)9(6)22(11(8)23)28(24,25)12(17)18/h3-4,8,12H,1-2H3. The van der Waals surface area contributed by atoms with Crippen molar-refractivity contribution in [1.82, 2.24) is 15.0 Å². The third-order valence-electron chi connectivity index (χ3n) is 3.73. The highest BCUT2D eigenvalue weighted by molar-refractivity contribution is 7.93. The fraction of sp³-hybridized carbons (Fsp3) is 0.286. The first-order chi connectivity index (χ1) is 13.1. The molecule has 1 aliphatic rings. The van der Waals surface area contributed by atoms with Crippen molar-refractivity contribution in [3.63, 3.8) is 0 Å². The van der Waals surface area contributed by atoms with E-state index in [1.807, 2.05) is 0 Å². The van der Waals surface area contributed by atoms with Crippen molar-refractivity contribution < 1.29 is 40.2 Å². The molecule has 0 N–H and O–H groups in total. The maximum absolute atomic E-state index is 14.3. The van der Waals surface area contributed by atoms with Gasteiger partial charge in [0.15, 0.2) is 11.6 Å². The number of ether oxygens (including phenoxy) is 2. The Bertz CT molecular complexity index is 1040. The Labute approximate surface area is 155 Å². The molecule has 150 valence electrons. The molecule has 14 heteroatoms. The molecule has 1 unspecified atom stereocenters. The van der Waals surface area contributed by atoms with E-state index < -0.39 is 60.6 Å². The Hall–Kier alpha value is -3.03. The number of aromatic nitrogens is 3. The molecular weight excluding hydrogens is 412 g/mol. The molecule has 1 aromatic carbocycles. The van der Waals surface area contributed by atoms with Gasteiger partial charge in [0.1, 0.15) is 17.4 Å². The lowest BCUT2D eigenvalue weighted by molar-refractivity contribution is -0.117. The second kappa shape index (κ2) is 6.85. The minimum absolute atomic E-state index is 0.261. The van der Waals surface area contributed by atoms with Crippen LogP contribution in [0.1, 0.15) is 17.3 Å². The molecule has 0 saturated carbocycles. The Morgan fingerprint density at radius 3 is 2.14 bits per heavy atom.